The molecule has 0 bridgehead atoms. The summed E-state index contributed by atoms with van der Waals surface area (Å²) in [6.45, 7) is 0. The van der Waals surface area contributed by atoms with Crippen molar-refractivity contribution in [3.63, 3.8) is 0 Å². The number of amides is 1. The second kappa shape index (κ2) is 6.69. The molecule has 0 aliphatic carbocycles. The van der Waals surface area contributed by atoms with E-state index in [-0.39, 0.29) is 11.9 Å². The highest BCUT2D eigenvalue weighted by Gasteiger charge is 2.35. The van der Waals surface area contributed by atoms with Gasteiger partial charge in [0.1, 0.15) is 11.8 Å². The van der Waals surface area contributed by atoms with Crippen molar-refractivity contribution in [1.29, 1.82) is 0 Å². The molecular formula is C20H15BrN2O2. The first kappa shape index (κ1) is 15.8. The summed E-state index contributed by atoms with van der Waals surface area (Å²) in [5.41, 5.74) is 2.50. The van der Waals surface area contributed by atoms with E-state index in [1.54, 1.807) is 18.4 Å². The Labute approximate surface area is 153 Å². The Kier molecular flexibility index (Phi) is 4.24. The highest BCUT2D eigenvalue weighted by molar-refractivity contribution is 9.10. The summed E-state index contributed by atoms with van der Waals surface area (Å²) in [4.78, 5) is 13.0. The molecule has 124 valence electrons. The summed E-state index contributed by atoms with van der Waals surface area (Å²) in [6, 6.07) is 20.7. The number of hydrazone groups is 1. The smallest absolute Gasteiger partial charge is 0.274 e. The highest BCUT2D eigenvalue weighted by atomic mass is 79.9. The van der Waals surface area contributed by atoms with E-state index in [0.717, 1.165) is 21.5 Å². The predicted octanol–water partition coefficient (Wildman–Crippen LogP) is 5.03. The quantitative estimate of drug-likeness (QED) is 0.624. The Balaban J connectivity index is 1.71. The number of furan rings is 1. The second-order valence-electron chi connectivity index (χ2n) is 5.80. The van der Waals surface area contributed by atoms with Crippen LogP contribution in [0.5, 0.6) is 0 Å². The molecule has 2 heterocycles. The van der Waals surface area contributed by atoms with Crippen molar-refractivity contribution in [3.8, 4) is 0 Å². The van der Waals surface area contributed by atoms with Gasteiger partial charge in [-0.25, -0.2) is 5.01 Å². The van der Waals surface area contributed by atoms with E-state index in [1.165, 1.54) is 5.01 Å². The predicted molar refractivity (Wildman–Crippen MR) is 99.4 cm³/mol. The normalized spacial score (nSPS) is 16.8. The van der Waals surface area contributed by atoms with E-state index < -0.39 is 0 Å². The maximum Gasteiger partial charge on any atom is 0.274 e. The lowest BCUT2D eigenvalue weighted by Gasteiger charge is -2.19. The summed E-state index contributed by atoms with van der Waals surface area (Å²) >= 11 is 3.39. The van der Waals surface area contributed by atoms with Gasteiger partial charge in [0.2, 0.25) is 0 Å². The molecule has 0 radical (unpaired) electrons. The number of nitrogens with zero attached hydrogens (tertiary/aromatic N) is 2. The highest BCUT2D eigenvalue weighted by Crippen LogP contribution is 2.34. The molecular weight excluding hydrogens is 380 g/mol. The van der Waals surface area contributed by atoms with Gasteiger partial charge in [0.05, 0.1) is 12.0 Å². The minimum absolute atomic E-state index is 0.139. The van der Waals surface area contributed by atoms with Gasteiger partial charge < -0.3 is 4.42 Å². The lowest BCUT2D eigenvalue weighted by molar-refractivity contribution is 0.0693. The Morgan fingerprint density at radius 2 is 1.80 bits per heavy atom. The number of hydrogen-bond acceptors (Lipinski definition) is 3. The number of carbonyl (C=O) groups excluding carboxylic acids is 1. The zero-order chi connectivity index (χ0) is 17.2. The minimum atomic E-state index is -0.235. The van der Waals surface area contributed by atoms with Crippen LogP contribution in [0.2, 0.25) is 0 Å². The van der Waals surface area contributed by atoms with Crippen LogP contribution in [0.4, 0.5) is 0 Å². The molecule has 1 amide bonds. The topological polar surface area (TPSA) is 45.8 Å². The SMILES string of the molecule is O=C(c1ccc(Br)cc1)N1N=C(c2ccccc2)C[C@@H]1c1ccco1. The first-order valence-electron chi connectivity index (χ1n) is 7.98. The molecule has 3 aromatic rings. The van der Waals surface area contributed by atoms with Gasteiger partial charge in [-0.3, -0.25) is 4.79 Å². The van der Waals surface area contributed by atoms with E-state index in [1.807, 2.05) is 54.6 Å². The number of rotatable bonds is 3. The van der Waals surface area contributed by atoms with E-state index in [9.17, 15) is 4.79 Å². The standard InChI is InChI=1S/C20H15BrN2O2/c21-16-10-8-15(9-11-16)20(24)23-18(19-7-4-12-25-19)13-17(22-23)14-5-2-1-3-6-14/h1-12,18H,13H2/t18-/m1/s1. The third kappa shape index (κ3) is 3.15. The summed E-state index contributed by atoms with van der Waals surface area (Å²) in [5, 5.41) is 6.16. The maximum absolute atomic E-state index is 13.0. The van der Waals surface area contributed by atoms with E-state index in [4.69, 9.17) is 4.42 Å². The molecule has 1 aliphatic rings. The molecule has 1 aromatic heterocycles. The molecule has 5 heteroatoms. The van der Waals surface area contributed by atoms with Gasteiger partial charge in [-0.1, -0.05) is 46.3 Å². The molecule has 0 saturated carbocycles. The largest absolute Gasteiger partial charge is 0.467 e. The lowest BCUT2D eigenvalue weighted by atomic mass is 10.0. The number of carbonyl (C=O) groups is 1. The van der Waals surface area contributed by atoms with Crippen molar-refractivity contribution in [2.24, 2.45) is 5.10 Å². The Bertz CT molecular complexity index is 903. The van der Waals surface area contributed by atoms with Gasteiger partial charge in [-0.05, 0) is 42.0 Å². The molecule has 4 rings (SSSR count). The van der Waals surface area contributed by atoms with Crippen LogP contribution in [-0.4, -0.2) is 16.6 Å². The summed E-state index contributed by atoms with van der Waals surface area (Å²) in [7, 11) is 0. The minimum Gasteiger partial charge on any atom is -0.467 e. The van der Waals surface area contributed by atoms with Crippen molar-refractivity contribution in [2.45, 2.75) is 12.5 Å². The molecule has 2 aromatic carbocycles. The van der Waals surface area contributed by atoms with Crippen molar-refractivity contribution in [3.05, 3.63) is 94.4 Å². The van der Waals surface area contributed by atoms with Gasteiger partial charge in [0.25, 0.3) is 5.91 Å². The van der Waals surface area contributed by atoms with Gasteiger partial charge >= 0.3 is 0 Å². The van der Waals surface area contributed by atoms with E-state index in [0.29, 0.717) is 12.0 Å². The third-order valence-corrected chi connectivity index (χ3v) is 4.72. The molecule has 0 fully saturated rings. The zero-order valence-corrected chi connectivity index (χ0v) is 14.9. The molecule has 0 saturated heterocycles. The van der Waals surface area contributed by atoms with Crippen LogP contribution in [0.1, 0.15) is 34.1 Å². The average molecular weight is 395 g/mol. The number of benzene rings is 2. The number of hydrogen-bond donors (Lipinski definition) is 0. The van der Waals surface area contributed by atoms with Crippen LogP contribution in [0.3, 0.4) is 0 Å². The molecule has 4 nitrogen and oxygen atoms in total. The van der Waals surface area contributed by atoms with Crippen molar-refractivity contribution in [1.82, 2.24) is 5.01 Å². The van der Waals surface area contributed by atoms with Crippen molar-refractivity contribution in [2.75, 3.05) is 0 Å². The van der Waals surface area contributed by atoms with E-state index >= 15 is 0 Å². The van der Waals surface area contributed by atoms with Crippen LogP contribution < -0.4 is 0 Å². The lowest BCUT2D eigenvalue weighted by Crippen LogP contribution is -2.26. The van der Waals surface area contributed by atoms with Gasteiger partial charge in [0, 0.05) is 16.5 Å². The summed E-state index contributed by atoms with van der Waals surface area (Å²) in [5.74, 6) is 0.597. The fourth-order valence-electron chi connectivity index (χ4n) is 2.93. The summed E-state index contributed by atoms with van der Waals surface area (Å²) in [6.07, 6.45) is 2.25. The monoisotopic (exact) mass is 394 g/mol. The Hall–Kier alpha value is -2.66. The molecule has 1 atom stereocenters. The van der Waals surface area contributed by atoms with Gasteiger partial charge in [-0.15, -0.1) is 0 Å². The Morgan fingerprint density at radius 3 is 2.48 bits per heavy atom. The third-order valence-electron chi connectivity index (χ3n) is 4.19. The number of halogens is 1. The van der Waals surface area contributed by atoms with Crippen LogP contribution in [0.15, 0.2) is 87.0 Å². The fourth-order valence-corrected chi connectivity index (χ4v) is 3.19. The van der Waals surface area contributed by atoms with Crippen molar-refractivity contribution < 1.29 is 9.21 Å². The van der Waals surface area contributed by atoms with Gasteiger partial charge in [0.15, 0.2) is 0 Å². The van der Waals surface area contributed by atoms with Crippen LogP contribution >= 0.6 is 15.9 Å². The Morgan fingerprint density at radius 1 is 1.04 bits per heavy atom. The molecule has 1 aliphatic heterocycles. The fraction of sp³-hybridized carbons (Fsp3) is 0.100. The maximum atomic E-state index is 13.0. The first-order chi connectivity index (χ1) is 12.2. The van der Waals surface area contributed by atoms with Crippen LogP contribution in [-0.2, 0) is 0 Å². The summed E-state index contributed by atoms with van der Waals surface area (Å²) < 4.78 is 6.49. The zero-order valence-electron chi connectivity index (χ0n) is 13.3. The molecule has 0 spiro atoms. The average Bonchev–Trinajstić information content (AvgIpc) is 3.32. The molecule has 25 heavy (non-hydrogen) atoms. The van der Waals surface area contributed by atoms with Crippen LogP contribution in [0, 0.1) is 0 Å². The first-order valence-corrected chi connectivity index (χ1v) is 8.77. The molecule has 0 N–H and O–H groups in total. The van der Waals surface area contributed by atoms with Gasteiger partial charge in [-0.2, -0.15) is 5.10 Å². The van der Waals surface area contributed by atoms with Crippen LogP contribution in [0.25, 0.3) is 0 Å². The van der Waals surface area contributed by atoms with E-state index in [2.05, 4.69) is 21.0 Å². The molecule has 0 unspecified atom stereocenters. The van der Waals surface area contributed by atoms with Crippen molar-refractivity contribution >= 4 is 27.5 Å². The second-order valence-corrected chi connectivity index (χ2v) is 6.72.